The Labute approximate surface area is 177 Å². The Morgan fingerprint density at radius 3 is 2.63 bits per heavy atom. The van der Waals surface area contributed by atoms with Gasteiger partial charge in [-0.2, -0.15) is 0 Å². The summed E-state index contributed by atoms with van der Waals surface area (Å²) in [6.07, 6.45) is 3.48. The maximum atomic E-state index is 13.1. The second kappa shape index (κ2) is 8.67. The van der Waals surface area contributed by atoms with E-state index in [9.17, 15) is 4.79 Å². The van der Waals surface area contributed by atoms with Crippen molar-refractivity contribution >= 4 is 5.91 Å². The van der Waals surface area contributed by atoms with E-state index in [2.05, 4.69) is 45.5 Å². The Balaban J connectivity index is 1.67. The van der Waals surface area contributed by atoms with E-state index < -0.39 is 5.54 Å². The second-order valence-electron chi connectivity index (χ2n) is 7.61. The van der Waals surface area contributed by atoms with E-state index in [0.29, 0.717) is 6.54 Å². The van der Waals surface area contributed by atoms with Crippen LogP contribution in [-0.2, 0) is 16.9 Å². The molecule has 30 heavy (non-hydrogen) atoms. The molecule has 2 aromatic carbocycles. The molecule has 154 valence electrons. The minimum Gasteiger partial charge on any atom is -0.497 e. The number of methoxy groups -OCH3 is 1. The number of benzene rings is 2. The number of likely N-dealkylation sites (N-methyl/N-ethyl adjacent to an activating group) is 1. The maximum absolute atomic E-state index is 13.1. The van der Waals surface area contributed by atoms with Crippen molar-refractivity contribution in [1.29, 1.82) is 0 Å². The van der Waals surface area contributed by atoms with E-state index in [-0.39, 0.29) is 5.91 Å². The van der Waals surface area contributed by atoms with Crippen molar-refractivity contribution in [3.8, 4) is 16.9 Å². The number of aromatic nitrogens is 1. The van der Waals surface area contributed by atoms with Crippen LogP contribution in [0.5, 0.6) is 5.75 Å². The van der Waals surface area contributed by atoms with Gasteiger partial charge in [0.1, 0.15) is 11.3 Å². The Bertz CT molecular complexity index is 1020. The van der Waals surface area contributed by atoms with Crippen LogP contribution in [0.1, 0.15) is 24.1 Å². The normalized spacial score (nSPS) is 18.9. The highest BCUT2D eigenvalue weighted by atomic mass is 16.5. The predicted molar refractivity (Wildman–Crippen MR) is 118 cm³/mol. The first-order chi connectivity index (χ1) is 14.7. The number of nitrogens with zero attached hydrogens (tertiary/aromatic N) is 2. The molecule has 1 aliphatic rings. The van der Waals surface area contributed by atoms with Gasteiger partial charge in [-0.3, -0.25) is 14.7 Å². The monoisotopic (exact) mass is 401 g/mol. The molecule has 0 unspecified atom stereocenters. The third kappa shape index (κ3) is 3.68. The fourth-order valence-corrected chi connectivity index (χ4v) is 4.44. The molecule has 4 rings (SSSR count). The number of hydrogen-bond acceptors (Lipinski definition) is 4. The van der Waals surface area contributed by atoms with Crippen molar-refractivity contribution in [3.05, 3.63) is 84.2 Å². The van der Waals surface area contributed by atoms with Gasteiger partial charge in [0.25, 0.3) is 0 Å². The number of nitrogens with one attached hydrogen (secondary N) is 1. The number of likely N-dealkylation sites (tertiary alicyclic amines) is 1. The van der Waals surface area contributed by atoms with Gasteiger partial charge in [0, 0.05) is 19.8 Å². The fraction of sp³-hybridized carbons (Fsp3) is 0.280. The Hall–Kier alpha value is -3.18. The van der Waals surface area contributed by atoms with Crippen molar-refractivity contribution in [2.75, 3.05) is 20.7 Å². The quantitative estimate of drug-likeness (QED) is 0.678. The number of carbonyl (C=O) groups is 1. The molecular formula is C25H27N3O2. The summed E-state index contributed by atoms with van der Waals surface area (Å²) in [4.78, 5) is 19.9. The Kier molecular flexibility index (Phi) is 5.81. The van der Waals surface area contributed by atoms with Crippen LogP contribution in [0.4, 0.5) is 0 Å². The third-order valence-electron chi connectivity index (χ3n) is 5.90. The third-order valence-corrected chi connectivity index (χ3v) is 5.90. The van der Waals surface area contributed by atoms with Crippen LogP contribution in [0.3, 0.4) is 0 Å². The summed E-state index contributed by atoms with van der Waals surface area (Å²) >= 11 is 0. The zero-order valence-corrected chi connectivity index (χ0v) is 17.5. The zero-order valence-electron chi connectivity index (χ0n) is 17.5. The van der Waals surface area contributed by atoms with Crippen LogP contribution in [0.2, 0.25) is 0 Å². The Morgan fingerprint density at radius 2 is 1.90 bits per heavy atom. The van der Waals surface area contributed by atoms with E-state index in [0.717, 1.165) is 42.0 Å². The van der Waals surface area contributed by atoms with E-state index in [1.807, 2.05) is 36.4 Å². The average molecular weight is 402 g/mol. The molecule has 1 aromatic heterocycles. The van der Waals surface area contributed by atoms with Gasteiger partial charge in [-0.15, -0.1) is 0 Å². The molecule has 2 heterocycles. The van der Waals surface area contributed by atoms with Crippen LogP contribution in [-0.4, -0.2) is 36.5 Å². The lowest BCUT2D eigenvalue weighted by molar-refractivity contribution is -0.132. The highest BCUT2D eigenvalue weighted by Crippen LogP contribution is 2.39. The lowest BCUT2D eigenvalue weighted by atomic mass is 9.89. The summed E-state index contributed by atoms with van der Waals surface area (Å²) in [5, 5.41) is 2.88. The molecule has 0 bridgehead atoms. The SMILES string of the molecule is CNC(=O)[C@@]1(c2ccccn2)CCCN1Cc1cccc(-c2cccc(OC)c2)c1. The molecule has 3 aromatic rings. The minimum atomic E-state index is -0.734. The summed E-state index contributed by atoms with van der Waals surface area (Å²) < 4.78 is 5.37. The Morgan fingerprint density at radius 1 is 1.10 bits per heavy atom. The molecule has 1 saturated heterocycles. The van der Waals surface area contributed by atoms with Crippen molar-refractivity contribution in [1.82, 2.24) is 15.2 Å². The number of rotatable bonds is 6. The average Bonchev–Trinajstić information content (AvgIpc) is 3.23. The smallest absolute Gasteiger partial charge is 0.246 e. The zero-order chi connectivity index (χ0) is 21.0. The van der Waals surface area contributed by atoms with Crippen LogP contribution < -0.4 is 10.1 Å². The van der Waals surface area contributed by atoms with Crippen molar-refractivity contribution in [3.63, 3.8) is 0 Å². The van der Waals surface area contributed by atoms with Gasteiger partial charge >= 0.3 is 0 Å². The standard InChI is InChI=1S/C25H27N3O2/c1-26-24(29)25(23-12-3-4-14-27-23)13-7-15-28(25)18-19-8-5-9-20(16-19)21-10-6-11-22(17-21)30-2/h3-6,8-12,14,16-17H,7,13,15,18H2,1-2H3,(H,26,29)/t25-/m0/s1. The van der Waals surface area contributed by atoms with Crippen molar-refractivity contribution < 1.29 is 9.53 Å². The predicted octanol–water partition coefficient (Wildman–Crippen LogP) is 3.99. The highest BCUT2D eigenvalue weighted by Gasteiger charge is 2.49. The molecule has 1 amide bonds. The molecule has 1 N–H and O–H groups in total. The van der Waals surface area contributed by atoms with Gasteiger partial charge < -0.3 is 10.1 Å². The highest BCUT2D eigenvalue weighted by molar-refractivity contribution is 5.87. The summed E-state index contributed by atoms with van der Waals surface area (Å²) in [5.41, 5.74) is 3.49. The number of amides is 1. The van der Waals surface area contributed by atoms with E-state index in [4.69, 9.17) is 4.74 Å². The minimum absolute atomic E-state index is 0.00245. The summed E-state index contributed by atoms with van der Waals surface area (Å²) in [5.74, 6) is 0.842. The molecule has 0 saturated carbocycles. The molecule has 5 nitrogen and oxygen atoms in total. The number of ether oxygens (including phenoxy) is 1. The largest absolute Gasteiger partial charge is 0.497 e. The molecule has 0 radical (unpaired) electrons. The van der Waals surface area contributed by atoms with E-state index in [1.54, 1.807) is 20.4 Å². The van der Waals surface area contributed by atoms with Gasteiger partial charge in [-0.05, 0) is 66.4 Å². The van der Waals surface area contributed by atoms with Gasteiger partial charge in [-0.1, -0.05) is 36.4 Å². The second-order valence-corrected chi connectivity index (χ2v) is 7.61. The fourth-order valence-electron chi connectivity index (χ4n) is 4.44. The lowest BCUT2D eigenvalue weighted by Crippen LogP contribution is -2.52. The van der Waals surface area contributed by atoms with Crippen LogP contribution in [0.25, 0.3) is 11.1 Å². The molecule has 1 aliphatic heterocycles. The molecule has 1 fully saturated rings. The van der Waals surface area contributed by atoms with Gasteiger partial charge in [-0.25, -0.2) is 0 Å². The van der Waals surface area contributed by atoms with Gasteiger partial charge in [0.15, 0.2) is 0 Å². The number of hydrogen-bond donors (Lipinski definition) is 1. The van der Waals surface area contributed by atoms with Crippen molar-refractivity contribution in [2.45, 2.75) is 24.9 Å². The first-order valence-corrected chi connectivity index (χ1v) is 10.3. The summed E-state index contributed by atoms with van der Waals surface area (Å²) in [6, 6.07) is 22.4. The maximum Gasteiger partial charge on any atom is 0.246 e. The first kappa shape index (κ1) is 20.1. The molecule has 0 spiro atoms. The summed E-state index contributed by atoms with van der Waals surface area (Å²) in [6.45, 7) is 1.54. The van der Waals surface area contributed by atoms with E-state index >= 15 is 0 Å². The van der Waals surface area contributed by atoms with Crippen LogP contribution >= 0.6 is 0 Å². The van der Waals surface area contributed by atoms with Gasteiger partial charge in [0.2, 0.25) is 5.91 Å². The first-order valence-electron chi connectivity index (χ1n) is 10.3. The van der Waals surface area contributed by atoms with Crippen LogP contribution in [0.15, 0.2) is 72.9 Å². The molecule has 1 atom stereocenters. The lowest BCUT2D eigenvalue weighted by Gasteiger charge is -2.36. The van der Waals surface area contributed by atoms with Gasteiger partial charge in [0.05, 0.1) is 12.8 Å². The molecule has 5 heteroatoms. The molecule has 0 aliphatic carbocycles. The van der Waals surface area contributed by atoms with Crippen LogP contribution in [0, 0.1) is 0 Å². The molecular weight excluding hydrogens is 374 g/mol. The topological polar surface area (TPSA) is 54.5 Å². The summed E-state index contributed by atoms with van der Waals surface area (Å²) in [7, 11) is 3.38. The van der Waals surface area contributed by atoms with E-state index in [1.165, 1.54) is 5.56 Å². The number of pyridine rings is 1. The number of carbonyl (C=O) groups excluding carboxylic acids is 1. The van der Waals surface area contributed by atoms with Crippen molar-refractivity contribution in [2.24, 2.45) is 0 Å².